The third kappa shape index (κ3) is 4.93. The molecule has 0 aliphatic carbocycles. The van der Waals surface area contributed by atoms with Gasteiger partial charge in [-0.05, 0) is 54.3 Å². The molecule has 0 spiro atoms. The summed E-state index contributed by atoms with van der Waals surface area (Å²) in [4.78, 5) is 41.4. The molecule has 9 heteroatoms. The molecule has 1 N–H and O–H groups in total. The second-order valence-corrected chi connectivity index (χ2v) is 12.0. The molecule has 42 heavy (non-hydrogen) atoms. The maximum Gasteiger partial charge on any atom is 0.319 e. The van der Waals surface area contributed by atoms with Crippen molar-refractivity contribution in [3.05, 3.63) is 82.6 Å². The van der Waals surface area contributed by atoms with Crippen molar-refractivity contribution in [2.45, 2.75) is 39.0 Å². The lowest BCUT2D eigenvalue weighted by atomic mass is 9.86. The van der Waals surface area contributed by atoms with E-state index >= 15 is 4.39 Å². The van der Waals surface area contributed by atoms with E-state index in [4.69, 9.17) is 4.74 Å². The lowest BCUT2D eigenvalue weighted by Gasteiger charge is -2.28. The van der Waals surface area contributed by atoms with E-state index in [0.717, 1.165) is 33.5 Å². The standard InChI is InChI=1S/C33H34FN5O3/c1-19-22(13-28(40)21-6-7-26-29(14-21)42-17-33(26,2)3)12-23(34)15-24(19)30-25-16-27(37-31(25)36-18-35-30)20-8-10-39(11-9-20)32(41)38(4)5/h6-8,12,14-16,18H,9-11,13,17H2,1-5H3,(H,35,36,37). The van der Waals surface area contributed by atoms with Crippen LogP contribution in [0.25, 0.3) is 27.9 Å². The SMILES string of the molecule is Cc1c(CC(=O)c2ccc3c(c2)OCC3(C)C)cc(F)cc1-c1ncnc2[nH]c(C3=CCN(C(=O)N(C)C)CC3)cc12. The molecule has 216 valence electrons. The van der Waals surface area contributed by atoms with Crippen LogP contribution in [0, 0.1) is 12.7 Å². The van der Waals surface area contributed by atoms with Gasteiger partial charge in [-0.1, -0.05) is 32.1 Å². The molecule has 0 bridgehead atoms. The lowest BCUT2D eigenvalue weighted by Crippen LogP contribution is -2.41. The van der Waals surface area contributed by atoms with Crippen molar-refractivity contribution in [1.29, 1.82) is 0 Å². The zero-order chi connectivity index (χ0) is 29.8. The third-order valence-electron chi connectivity index (χ3n) is 8.34. The van der Waals surface area contributed by atoms with Gasteiger partial charge in [-0.3, -0.25) is 4.79 Å². The van der Waals surface area contributed by atoms with Crippen LogP contribution >= 0.6 is 0 Å². The molecule has 2 aromatic carbocycles. The number of benzene rings is 2. The summed E-state index contributed by atoms with van der Waals surface area (Å²) in [5, 5.41) is 0.768. The van der Waals surface area contributed by atoms with Gasteiger partial charge >= 0.3 is 6.03 Å². The van der Waals surface area contributed by atoms with Gasteiger partial charge < -0.3 is 19.5 Å². The fourth-order valence-electron chi connectivity index (χ4n) is 5.85. The number of hydrogen-bond donors (Lipinski definition) is 1. The molecule has 2 amide bonds. The first kappa shape index (κ1) is 27.6. The fraction of sp³-hybridized carbons (Fsp3) is 0.333. The second kappa shape index (κ2) is 10.4. The van der Waals surface area contributed by atoms with Gasteiger partial charge in [0.2, 0.25) is 0 Å². The highest BCUT2D eigenvalue weighted by atomic mass is 19.1. The smallest absolute Gasteiger partial charge is 0.319 e. The molecule has 0 unspecified atom stereocenters. The number of ketones is 1. The molecule has 0 atom stereocenters. The zero-order valence-electron chi connectivity index (χ0n) is 24.5. The predicted octanol–water partition coefficient (Wildman–Crippen LogP) is 5.94. The topological polar surface area (TPSA) is 91.4 Å². The minimum absolute atomic E-state index is 0.0144. The summed E-state index contributed by atoms with van der Waals surface area (Å²) < 4.78 is 20.9. The molecular formula is C33H34FN5O3. The van der Waals surface area contributed by atoms with E-state index in [0.29, 0.717) is 54.1 Å². The van der Waals surface area contributed by atoms with Gasteiger partial charge in [-0.15, -0.1) is 0 Å². The van der Waals surface area contributed by atoms with Crippen LogP contribution in [0.4, 0.5) is 9.18 Å². The number of nitrogens with zero attached hydrogens (tertiary/aromatic N) is 4. The Hall–Kier alpha value is -4.53. The monoisotopic (exact) mass is 567 g/mol. The number of halogens is 1. The molecular weight excluding hydrogens is 533 g/mol. The van der Waals surface area contributed by atoms with Gasteiger partial charge in [0, 0.05) is 66.8 Å². The van der Waals surface area contributed by atoms with E-state index in [1.807, 2.05) is 31.2 Å². The van der Waals surface area contributed by atoms with Crippen LogP contribution in [-0.2, 0) is 11.8 Å². The number of aromatic amines is 1. The Morgan fingerprint density at radius 1 is 1.14 bits per heavy atom. The average molecular weight is 568 g/mol. The summed E-state index contributed by atoms with van der Waals surface area (Å²) >= 11 is 0. The number of nitrogens with one attached hydrogen (secondary N) is 1. The van der Waals surface area contributed by atoms with Crippen LogP contribution < -0.4 is 4.74 Å². The van der Waals surface area contributed by atoms with Crippen molar-refractivity contribution in [2.24, 2.45) is 0 Å². The van der Waals surface area contributed by atoms with E-state index in [-0.39, 0.29) is 23.7 Å². The van der Waals surface area contributed by atoms with Crippen molar-refractivity contribution >= 4 is 28.4 Å². The number of Topliss-reactive ketones (excluding diaryl/α,β-unsaturated/α-hetero) is 1. The van der Waals surface area contributed by atoms with Gasteiger partial charge in [0.15, 0.2) is 5.78 Å². The van der Waals surface area contributed by atoms with E-state index in [1.54, 1.807) is 30.0 Å². The summed E-state index contributed by atoms with van der Waals surface area (Å²) in [5.74, 6) is 0.202. The summed E-state index contributed by atoms with van der Waals surface area (Å²) in [7, 11) is 3.50. The highest BCUT2D eigenvalue weighted by molar-refractivity contribution is 5.99. The van der Waals surface area contributed by atoms with Crippen molar-refractivity contribution in [2.75, 3.05) is 33.8 Å². The average Bonchev–Trinajstić information content (AvgIpc) is 3.54. The Morgan fingerprint density at radius 3 is 2.69 bits per heavy atom. The summed E-state index contributed by atoms with van der Waals surface area (Å²) in [6.07, 6.45) is 4.27. The summed E-state index contributed by atoms with van der Waals surface area (Å²) in [6, 6.07) is 10.5. The van der Waals surface area contributed by atoms with Crippen LogP contribution in [0.1, 0.15) is 53.0 Å². The minimum atomic E-state index is -0.430. The number of aromatic nitrogens is 3. The van der Waals surface area contributed by atoms with Gasteiger partial charge in [-0.2, -0.15) is 0 Å². The number of ether oxygens (including phenoxy) is 1. The van der Waals surface area contributed by atoms with E-state index in [1.165, 1.54) is 18.5 Å². The zero-order valence-corrected chi connectivity index (χ0v) is 24.5. The molecule has 0 saturated carbocycles. The second-order valence-electron chi connectivity index (χ2n) is 12.0. The van der Waals surface area contributed by atoms with Gasteiger partial charge in [0.1, 0.15) is 23.5 Å². The summed E-state index contributed by atoms with van der Waals surface area (Å²) in [5.41, 5.74) is 6.79. The first-order valence-corrected chi connectivity index (χ1v) is 14.1. The van der Waals surface area contributed by atoms with Crippen molar-refractivity contribution < 1.29 is 18.7 Å². The van der Waals surface area contributed by atoms with Crippen molar-refractivity contribution in [3.8, 4) is 17.0 Å². The van der Waals surface area contributed by atoms with E-state index in [9.17, 15) is 9.59 Å². The van der Waals surface area contributed by atoms with E-state index in [2.05, 4.69) is 28.8 Å². The number of fused-ring (bicyclic) bond motifs is 2. The van der Waals surface area contributed by atoms with Crippen LogP contribution in [0.15, 0.2) is 48.8 Å². The molecule has 0 radical (unpaired) electrons. The predicted molar refractivity (Wildman–Crippen MR) is 160 cm³/mol. The van der Waals surface area contributed by atoms with E-state index < -0.39 is 5.82 Å². The summed E-state index contributed by atoms with van der Waals surface area (Å²) in [6.45, 7) is 7.84. The largest absolute Gasteiger partial charge is 0.492 e. The number of carbonyl (C=O) groups is 2. The van der Waals surface area contributed by atoms with Gasteiger partial charge in [0.05, 0.1) is 12.3 Å². The number of carbonyl (C=O) groups excluding carboxylic acids is 2. The molecule has 2 aromatic heterocycles. The highest BCUT2D eigenvalue weighted by Crippen LogP contribution is 2.39. The fourth-order valence-corrected chi connectivity index (χ4v) is 5.85. The van der Waals surface area contributed by atoms with Crippen LogP contribution in [-0.4, -0.2) is 70.4 Å². The molecule has 6 rings (SSSR count). The highest BCUT2D eigenvalue weighted by Gasteiger charge is 2.32. The Balaban J connectivity index is 1.30. The molecule has 2 aliphatic rings. The Morgan fingerprint density at radius 2 is 1.95 bits per heavy atom. The number of amides is 2. The molecule has 8 nitrogen and oxygen atoms in total. The molecule has 4 heterocycles. The first-order valence-electron chi connectivity index (χ1n) is 14.1. The molecule has 2 aliphatic heterocycles. The Kier molecular flexibility index (Phi) is 6.83. The lowest BCUT2D eigenvalue weighted by molar-refractivity contribution is 0.0992. The van der Waals surface area contributed by atoms with Crippen LogP contribution in [0.5, 0.6) is 5.75 Å². The Labute approximate surface area is 244 Å². The van der Waals surface area contributed by atoms with Crippen molar-refractivity contribution in [3.63, 3.8) is 0 Å². The quantitative estimate of drug-likeness (QED) is 0.302. The molecule has 4 aromatic rings. The van der Waals surface area contributed by atoms with Gasteiger partial charge in [0.25, 0.3) is 0 Å². The van der Waals surface area contributed by atoms with Crippen LogP contribution in [0.3, 0.4) is 0 Å². The minimum Gasteiger partial charge on any atom is -0.492 e. The first-order chi connectivity index (χ1) is 20.0. The number of urea groups is 1. The maximum atomic E-state index is 15.0. The van der Waals surface area contributed by atoms with Gasteiger partial charge in [-0.25, -0.2) is 19.2 Å². The number of rotatable bonds is 5. The molecule has 0 fully saturated rings. The normalized spacial score (nSPS) is 15.8. The third-order valence-corrected chi connectivity index (χ3v) is 8.34. The van der Waals surface area contributed by atoms with Crippen molar-refractivity contribution in [1.82, 2.24) is 24.8 Å². The van der Waals surface area contributed by atoms with Crippen LogP contribution in [0.2, 0.25) is 0 Å². The Bertz CT molecular complexity index is 1770. The molecule has 0 saturated heterocycles. The number of hydrogen-bond acceptors (Lipinski definition) is 5. The maximum absolute atomic E-state index is 15.0. The number of H-pyrrole nitrogens is 1.